The molecular formula is C27H35N3O5. The highest BCUT2D eigenvalue weighted by Gasteiger charge is 2.35. The molecule has 2 amide bonds. The summed E-state index contributed by atoms with van der Waals surface area (Å²) in [6.45, 7) is -0.0199. The molecule has 2 atom stereocenters. The largest absolute Gasteiger partial charge is 0.463 e. The lowest BCUT2D eigenvalue weighted by Gasteiger charge is -2.29. The van der Waals surface area contributed by atoms with E-state index in [0.717, 1.165) is 42.1 Å². The number of H-pyrrole nitrogens is 1. The van der Waals surface area contributed by atoms with Crippen LogP contribution in [0.25, 0.3) is 10.9 Å². The monoisotopic (exact) mass is 481 g/mol. The van der Waals surface area contributed by atoms with E-state index in [-0.39, 0.29) is 43.8 Å². The number of carbonyl (C=O) groups is 3. The van der Waals surface area contributed by atoms with Gasteiger partial charge in [0.1, 0.15) is 6.61 Å². The molecule has 0 spiro atoms. The van der Waals surface area contributed by atoms with Gasteiger partial charge in [0.25, 0.3) is 0 Å². The molecule has 1 aliphatic heterocycles. The molecule has 0 bridgehead atoms. The van der Waals surface area contributed by atoms with Gasteiger partial charge in [-0.05, 0) is 43.7 Å². The van der Waals surface area contributed by atoms with Crippen LogP contribution < -0.4 is 10.6 Å². The highest BCUT2D eigenvalue weighted by Crippen LogP contribution is 2.29. The second-order valence-corrected chi connectivity index (χ2v) is 9.79. The van der Waals surface area contributed by atoms with Crippen molar-refractivity contribution >= 4 is 28.7 Å². The second-order valence-electron chi connectivity index (χ2n) is 9.79. The van der Waals surface area contributed by atoms with Gasteiger partial charge < -0.3 is 25.5 Å². The Morgan fingerprint density at radius 3 is 2.77 bits per heavy atom. The Morgan fingerprint density at radius 2 is 1.97 bits per heavy atom. The van der Waals surface area contributed by atoms with Crippen molar-refractivity contribution in [1.29, 1.82) is 0 Å². The third-order valence-electron chi connectivity index (χ3n) is 7.11. The van der Waals surface area contributed by atoms with Crippen LogP contribution in [0.3, 0.4) is 0 Å². The predicted octanol–water partition coefficient (Wildman–Crippen LogP) is 2.91. The number of hydrogen-bond acceptors (Lipinski definition) is 5. The quantitative estimate of drug-likeness (QED) is 0.374. The van der Waals surface area contributed by atoms with Crippen molar-refractivity contribution in [2.24, 2.45) is 5.92 Å². The van der Waals surface area contributed by atoms with E-state index in [1.165, 1.54) is 0 Å². The molecule has 2 aliphatic rings. The van der Waals surface area contributed by atoms with Crippen molar-refractivity contribution in [2.45, 2.75) is 69.4 Å². The third kappa shape index (κ3) is 6.51. The number of rotatable bonds is 6. The van der Waals surface area contributed by atoms with E-state index >= 15 is 0 Å². The molecule has 8 nitrogen and oxygen atoms in total. The van der Waals surface area contributed by atoms with Crippen LogP contribution in [0, 0.1) is 5.92 Å². The zero-order chi connectivity index (χ0) is 24.7. The number of aliphatic hydroxyl groups is 1. The standard InChI is InChI=1S/C27H35N3O5/c31-18-27(12-6-7-13-27)30-24(32)15-19-8-2-1-3-11-25(33)35-17-21(29-26(19)34)14-20-16-28-23-10-5-4-9-22(20)23/h1-2,4-5,9-10,16,19,21,28,31H,3,6-8,11-15,17-18H2,(H,29,34)(H,30,32)/t19-,21+/m1/s1. The van der Waals surface area contributed by atoms with E-state index in [0.29, 0.717) is 19.3 Å². The average Bonchev–Trinajstić information content (AvgIpc) is 3.48. The number of aromatic amines is 1. The van der Waals surface area contributed by atoms with Gasteiger partial charge in [-0.2, -0.15) is 0 Å². The fourth-order valence-corrected chi connectivity index (χ4v) is 5.11. The van der Waals surface area contributed by atoms with Crippen LogP contribution in [-0.2, 0) is 25.5 Å². The van der Waals surface area contributed by atoms with Crippen LogP contribution in [0.4, 0.5) is 0 Å². The Kier molecular flexibility index (Phi) is 8.23. The van der Waals surface area contributed by atoms with Gasteiger partial charge in [0, 0.05) is 29.9 Å². The Bertz CT molecular complexity index is 1070. The first kappa shape index (κ1) is 25.0. The first-order valence-electron chi connectivity index (χ1n) is 12.6. The number of nitrogens with one attached hydrogen (secondary N) is 3. The van der Waals surface area contributed by atoms with Gasteiger partial charge in [-0.15, -0.1) is 0 Å². The third-order valence-corrected chi connectivity index (χ3v) is 7.11. The highest BCUT2D eigenvalue weighted by molar-refractivity contribution is 5.87. The van der Waals surface area contributed by atoms with Gasteiger partial charge >= 0.3 is 5.97 Å². The summed E-state index contributed by atoms with van der Waals surface area (Å²) >= 11 is 0. The fraction of sp³-hybridized carbons (Fsp3) is 0.519. The van der Waals surface area contributed by atoms with E-state index in [2.05, 4.69) is 15.6 Å². The zero-order valence-corrected chi connectivity index (χ0v) is 20.1. The van der Waals surface area contributed by atoms with Crippen LogP contribution in [0.5, 0.6) is 0 Å². The molecule has 4 N–H and O–H groups in total. The fourth-order valence-electron chi connectivity index (χ4n) is 5.11. The molecular weight excluding hydrogens is 446 g/mol. The molecule has 1 aliphatic carbocycles. The Balaban J connectivity index is 1.48. The summed E-state index contributed by atoms with van der Waals surface area (Å²) < 4.78 is 5.46. The van der Waals surface area contributed by atoms with Crippen molar-refractivity contribution in [1.82, 2.24) is 15.6 Å². The summed E-state index contributed by atoms with van der Waals surface area (Å²) in [5.74, 6) is -1.31. The molecule has 1 saturated carbocycles. The Hall–Kier alpha value is -3.13. The van der Waals surface area contributed by atoms with Gasteiger partial charge in [0.15, 0.2) is 0 Å². The lowest BCUT2D eigenvalue weighted by atomic mass is 9.95. The first-order chi connectivity index (χ1) is 17.0. The van der Waals surface area contributed by atoms with E-state index in [9.17, 15) is 19.5 Å². The molecule has 1 aromatic carbocycles. The normalized spacial score (nSPS) is 23.2. The van der Waals surface area contributed by atoms with Gasteiger partial charge in [-0.25, -0.2) is 0 Å². The summed E-state index contributed by atoms with van der Waals surface area (Å²) in [6, 6.07) is 7.51. The van der Waals surface area contributed by atoms with Gasteiger partial charge in [-0.1, -0.05) is 43.2 Å². The number of allylic oxidation sites excluding steroid dienone is 2. The maximum absolute atomic E-state index is 13.3. The minimum atomic E-state index is -0.569. The van der Waals surface area contributed by atoms with Gasteiger partial charge in [-0.3, -0.25) is 14.4 Å². The number of aromatic nitrogens is 1. The molecule has 1 fully saturated rings. The van der Waals surface area contributed by atoms with Crippen LogP contribution >= 0.6 is 0 Å². The molecule has 0 saturated heterocycles. The molecule has 0 radical (unpaired) electrons. The molecule has 8 heteroatoms. The van der Waals surface area contributed by atoms with Crippen molar-refractivity contribution in [3.63, 3.8) is 0 Å². The number of ether oxygens (including phenoxy) is 1. The smallest absolute Gasteiger partial charge is 0.306 e. The van der Waals surface area contributed by atoms with Crippen LogP contribution in [0.2, 0.25) is 0 Å². The SMILES string of the molecule is O=C(C[C@H]1CC=CCCC(=O)OC[C@H](Cc2c[nH]c3ccccc23)NC1=O)NC1(CO)CCCC1. The molecule has 4 rings (SSSR count). The molecule has 1 aromatic heterocycles. The van der Waals surface area contributed by atoms with E-state index in [4.69, 9.17) is 4.74 Å². The number of para-hydroxylation sites is 1. The number of cyclic esters (lactones) is 1. The van der Waals surface area contributed by atoms with Crippen molar-refractivity contribution in [3.8, 4) is 0 Å². The summed E-state index contributed by atoms with van der Waals surface area (Å²) in [6.07, 6.45) is 10.8. The predicted molar refractivity (Wildman–Crippen MR) is 132 cm³/mol. The molecule has 188 valence electrons. The van der Waals surface area contributed by atoms with Gasteiger partial charge in [0.2, 0.25) is 11.8 Å². The van der Waals surface area contributed by atoms with Gasteiger partial charge in [0.05, 0.1) is 24.1 Å². The minimum Gasteiger partial charge on any atom is -0.463 e. The number of hydrogen-bond donors (Lipinski definition) is 4. The number of esters is 1. The molecule has 35 heavy (non-hydrogen) atoms. The Morgan fingerprint density at radius 1 is 1.17 bits per heavy atom. The lowest BCUT2D eigenvalue weighted by Crippen LogP contribution is -2.50. The maximum atomic E-state index is 13.3. The average molecular weight is 482 g/mol. The molecule has 2 heterocycles. The number of benzene rings is 1. The summed E-state index contributed by atoms with van der Waals surface area (Å²) in [5.41, 5.74) is 1.46. The van der Waals surface area contributed by atoms with Crippen molar-refractivity contribution < 1.29 is 24.2 Å². The van der Waals surface area contributed by atoms with E-state index in [1.807, 2.05) is 42.6 Å². The first-order valence-corrected chi connectivity index (χ1v) is 12.6. The minimum absolute atomic E-state index is 0.0392. The lowest BCUT2D eigenvalue weighted by molar-refractivity contribution is -0.145. The number of aliphatic hydroxyl groups excluding tert-OH is 1. The zero-order valence-electron chi connectivity index (χ0n) is 20.1. The molecule has 0 unspecified atom stereocenters. The van der Waals surface area contributed by atoms with Crippen LogP contribution in [0.1, 0.15) is 56.9 Å². The van der Waals surface area contributed by atoms with Crippen LogP contribution in [-0.4, -0.2) is 52.7 Å². The van der Waals surface area contributed by atoms with Crippen molar-refractivity contribution in [3.05, 3.63) is 48.2 Å². The summed E-state index contributed by atoms with van der Waals surface area (Å²) in [5, 5.41) is 16.9. The van der Waals surface area contributed by atoms with Crippen LogP contribution in [0.15, 0.2) is 42.6 Å². The number of fused-ring (bicyclic) bond motifs is 1. The van der Waals surface area contributed by atoms with E-state index in [1.54, 1.807) is 0 Å². The number of amides is 2. The van der Waals surface area contributed by atoms with E-state index < -0.39 is 17.5 Å². The topological polar surface area (TPSA) is 121 Å². The van der Waals surface area contributed by atoms with Crippen molar-refractivity contribution in [2.75, 3.05) is 13.2 Å². The maximum Gasteiger partial charge on any atom is 0.306 e. The summed E-state index contributed by atoms with van der Waals surface area (Å²) in [4.78, 5) is 41.6. The second kappa shape index (κ2) is 11.5. The molecule has 2 aromatic rings. The number of carbonyl (C=O) groups excluding carboxylic acids is 3. The Labute approximate surface area is 205 Å². The highest BCUT2D eigenvalue weighted by atomic mass is 16.5. The summed E-state index contributed by atoms with van der Waals surface area (Å²) in [7, 11) is 0.